The first-order valence-corrected chi connectivity index (χ1v) is 6.28. The van der Waals surface area contributed by atoms with Crippen LogP contribution >= 0.6 is 0 Å². The highest BCUT2D eigenvalue weighted by Crippen LogP contribution is 2.32. The molecular weight excluding hydrogens is 184 g/mol. The second kappa shape index (κ2) is 5.13. The van der Waals surface area contributed by atoms with E-state index in [2.05, 4.69) is 36.0 Å². The maximum Gasteiger partial charge on any atom is 0.00160 e. The Morgan fingerprint density at radius 1 is 1.13 bits per heavy atom. The molecule has 1 heterocycles. The molecule has 0 amide bonds. The zero-order valence-corrected chi connectivity index (χ0v) is 10.2. The number of rotatable bonds is 4. The van der Waals surface area contributed by atoms with Crippen molar-refractivity contribution in [2.45, 2.75) is 19.3 Å². The Kier molecular flexibility index (Phi) is 3.81. The fourth-order valence-corrected chi connectivity index (χ4v) is 2.91. The maximum absolute atomic E-state index is 2.67. The summed E-state index contributed by atoms with van der Waals surface area (Å²) in [5.74, 6) is 1.93. The Labute approximate surface area is 93.9 Å². The number of hydrogen-bond donors (Lipinski definition) is 0. The molecule has 2 atom stereocenters. The fourth-order valence-electron chi connectivity index (χ4n) is 2.91. The zero-order valence-electron chi connectivity index (χ0n) is 10.2. The van der Waals surface area contributed by atoms with E-state index in [9.17, 15) is 0 Å². The van der Waals surface area contributed by atoms with E-state index in [-0.39, 0.29) is 0 Å². The van der Waals surface area contributed by atoms with Crippen molar-refractivity contribution < 1.29 is 0 Å². The molecule has 0 unspecified atom stereocenters. The molecule has 86 valence electrons. The number of nitrogens with zero attached hydrogens (tertiary/aromatic N) is 2. The largest absolute Gasteiger partial charge is 0.309 e. The van der Waals surface area contributed by atoms with Gasteiger partial charge in [-0.3, -0.25) is 0 Å². The molecular formula is C13H24N2. The van der Waals surface area contributed by atoms with Crippen molar-refractivity contribution >= 4 is 0 Å². The van der Waals surface area contributed by atoms with E-state index in [1.54, 1.807) is 0 Å². The average molecular weight is 208 g/mol. The van der Waals surface area contributed by atoms with E-state index >= 15 is 0 Å². The summed E-state index contributed by atoms with van der Waals surface area (Å²) in [5, 5.41) is 0. The molecule has 2 heteroatoms. The normalized spacial score (nSPS) is 31.1. The van der Waals surface area contributed by atoms with Crippen molar-refractivity contribution in [2.24, 2.45) is 11.8 Å². The molecule has 0 aromatic carbocycles. The van der Waals surface area contributed by atoms with Gasteiger partial charge in [-0.1, -0.05) is 12.2 Å². The summed E-state index contributed by atoms with van der Waals surface area (Å²) in [7, 11) is 4.32. The smallest absolute Gasteiger partial charge is 0.00160 e. The monoisotopic (exact) mass is 208 g/mol. The van der Waals surface area contributed by atoms with Crippen LogP contribution in [0.1, 0.15) is 19.3 Å². The minimum absolute atomic E-state index is 0.967. The van der Waals surface area contributed by atoms with Gasteiger partial charge in [-0.25, -0.2) is 0 Å². The third kappa shape index (κ3) is 3.05. The lowest BCUT2D eigenvalue weighted by atomic mass is 9.86. The highest BCUT2D eigenvalue weighted by molar-refractivity contribution is 4.99. The number of allylic oxidation sites excluding steroid dienone is 2. The maximum atomic E-state index is 2.67. The quantitative estimate of drug-likeness (QED) is 0.650. The van der Waals surface area contributed by atoms with E-state index in [0.717, 1.165) is 11.8 Å². The van der Waals surface area contributed by atoms with Crippen LogP contribution in [-0.4, -0.2) is 50.1 Å². The van der Waals surface area contributed by atoms with Gasteiger partial charge >= 0.3 is 0 Å². The van der Waals surface area contributed by atoms with Crippen LogP contribution < -0.4 is 0 Å². The van der Waals surface area contributed by atoms with E-state index in [4.69, 9.17) is 0 Å². The first kappa shape index (κ1) is 11.2. The van der Waals surface area contributed by atoms with Crippen LogP contribution in [-0.2, 0) is 0 Å². The summed E-state index contributed by atoms with van der Waals surface area (Å²) in [6.07, 6.45) is 8.73. The minimum atomic E-state index is 0.967. The zero-order chi connectivity index (χ0) is 10.7. The summed E-state index contributed by atoms with van der Waals surface area (Å²) >= 11 is 0. The van der Waals surface area contributed by atoms with Gasteiger partial charge in [0.05, 0.1) is 0 Å². The molecule has 0 radical (unpaired) electrons. The van der Waals surface area contributed by atoms with Gasteiger partial charge in [0.15, 0.2) is 0 Å². The Bertz CT molecular complexity index is 207. The third-order valence-electron chi connectivity index (χ3n) is 3.78. The van der Waals surface area contributed by atoms with Crippen molar-refractivity contribution in [3.8, 4) is 0 Å². The summed E-state index contributed by atoms with van der Waals surface area (Å²) in [6, 6.07) is 0. The van der Waals surface area contributed by atoms with Crippen LogP contribution in [0.3, 0.4) is 0 Å². The Balaban J connectivity index is 1.69. The molecule has 2 rings (SSSR count). The third-order valence-corrected chi connectivity index (χ3v) is 3.78. The standard InChI is InChI=1S/C13H24N2/c1-14(2)8-5-9-15-10-12-6-3-4-7-13(12)11-15/h3-4,12-13H,5-11H2,1-2H3/t12-,13-/m1/s1. The average Bonchev–Trinajstić information content (AvgIpc) is 2.59. The first-order valence-electron chi connectivity index (χ1n) is 6.28. The van der Waals surface area contributed by atoms with Gasteiger partial charge in [0.25, 0.3) is 0 Å². The lowest BCUT2D eigenvalue weighted by Crippen LogP contribution is -2.25. The van der Waals surface area contributed by atoms with Crippen molar-refractivity contribution in [2.75, 3.05) is 40.3 Å². The van der Waals surface area contributed by atoms with Gasteiger partial charge in [-0.15, -0.1) is 0 Å². The highest BCUT2D eigenvalue weighted by atomic mass is 15.2. The van der Waals surface area contributed by atoms with Gasteiger partial charge in [0.1, 0.15) is 0 Å². The van der Waals surface area contributed by atoms with Gasteiger partial charge in [-0.05, 0) is 58.3 Å². The minimum Gasteiger partial charge on any atom is -0.309 e. The molecule has 0 N–H and O–H groups in total. The summed E-state index contributed by atoms with van der Waals surface area (Å²) in [6.45, 7) is 5.22. The van der Waals surface area contributed by atoms with E-state index in [1.807, 2.05) is 0 Å². The molecule has 1 aliphatic carbocycles. The number of hydrogen-bond acceptors (Lipinski definition) is 2. The lowest BCUT2D eigenvalue weighted by molar-refractivity contribution is 0.291. The Hall–Kier alpha value is -0.340. The summed E-state index contributed by atoms with van der Waals surface area (Å²) < 4.78 is 0. The van der Waals surface area contributed by atoms with Crippen LogP contribution in [0, 0.1) is 11.8 Å². The van der Waals surface area contributed by atoms with Crippen LogP contribution in [0.2, 0.25) is 0 Å². The molecule has 0 bridgehead atoms. The van der Waals surface area contributed by atoms with E-state index in [1.165, 1.54) is 45.4 Å². The molecule has 0 saturated carbocycles. The summed E-state index contributed by atoms with van der Waals surface area (Å²) in [5.41, 5.74) is 0. The lowest BCUT2D eigenvalue weighted by Gasteiger charge is -2.18. The number of fused-ring (bicyclic) bond motifs is 1. The van der Waals surface area contributed by atoms with E-state index in [0.29, 0.717) is 0 Å². The number of likely N-dealkylation sites (tertiary alicyclic amines) is 1. The van der Waals surface area contributed by atoms with Gasteiger partial charge in [-0.2, -0.15) is 0 Å². The Morgan fingerprint density at radius 3 is 2.27 bits per heavy atom. The molecule has 0 spiro atoms. The molecule has 1 aliphatic heterocycles. The molecule has 1 saturated heterocycles. The van der Waals surface area contributed by atoms with Crippen LogP contribution in [0.25, 0.3) is 0 Å². The van der Waals surface area contributed by atoms with Crippen LogP contribution in [0.15, 0.2) is 12.2 Å². The molecule has 0 aromatic heterocycles. The molecule has 2 aliphatic rings. The van der Waals surface area contributed by atoms with Gasteiger partial charge < -0.3 is 9.80 Å². The predicted molar refractivity (Wildman–Crippen MR) is 65.0 cm³/mol. The summed E-state index contributed by atoms with van der Waals surface area (Å²) in [4.78, 5) is 4.95. The molecule has 0 aromatic rings. The highest BCUT2D eigenvalue weighted by Gasteiger charge is 2.31. The van der Waals surface area contributed by atoms with Gasteiger partial charge in [0.2, 0.25) is 0 Å². The molecule has 1 fully saturated rings. The Morgan fingerprint density at radius 2 is 1.73 bits per heavy atom. The fraction of sp³-hybridized carbons (Fsp3) is 0.846. The molecule has 15 heavy (non-hydrogen) atoms. The van der Waals surface area contributed by atoms with E-state index < -0.39 is 0 Å². The predicted octanol–water partition coefficient (Wildman–Crippen LogP) is 1.84. The second-order valence-electron chi connectivity index (χ2n) is 5.38. The van der Waals surface area contributed by atoms with Crippen molar-refractivity contribution in [3.63, 3.8) is 0 Å². The van der Waals surface area contributed by atoms with Crippen LogP contribution in [0.5, 0.6) is 0 Å². The van der Waals surface area contributed by atoms with Gasteiger partial charge in [0, 0.05) is 13.1 Å². The molecule has 2 nitrogen and oxygen atoms in total. The first-order chi connectivity index (χ1) is 7.25. The van der Waals surface area contributed by atoms with Crippen molar-refractivity contribution in [1.82, 2.24) is 9.80 Å². The second-order valence-corrected chi connectivity index (χ2v) is 5.38. The van der Waals surface area contributed by atoms with Crippen molar-refractivity contribution in [1.29, 1.82) is 0 Å². The van der Waals surface area contributed by atoms with Crippen LogP contribution in [0.4, 0.5) is 0 Å². The SMILES string of the molecule is CN(C)CCCN1C[C@H]2CC=CC[C@@H]2C1. The van der Waals surface area contributed by atoms with Crippen molar-refractivity contribution in [3.05, 3.63) is 12.2 Å². The topological polar surface area (TPSA) is 6.48 Å².